The Morgan fingerprint density at radius 1 is 0.202 bits per heavy atom. The third-order valence-corrected chi connectivity index (χ3v) is 16.9. The van der Waals surface area contributed by atoms with E-state index in [0.29, 0.717) is 104 Å². The molecule has 0 fully saturated rings. The lowest BCUT2D eigenvalue weighted by Crippen LogP contribution is -2.39. The number of hydrogen-bond donors (Lipinski definition) is 19. The van der Waals surface area contributed by atoms with Gasteiger partial charge < -0.3 is 140 Å². The zero-order chi connectivity index (χ0) is 78.7. The summed E-state index contributed by atoms with van der Waals surface area (Å²) in [6, 6.07) is 0. The van der Waals surface area contributed by atoms with E-state index < -0.39 is 63.6 Å². The molecule has 0 rings (SSSR count). The highest BCUT2D eigenvalue weighted by Gasteiger charge is 2.33. The van der Waals surface area contributed by atoms with Crippen LogP contribution in [0.3, 0.4) is 0 Å². The molecule has 0 spiro atoms. The molecule has 28 nitrogen and oxygen atoms in total. The Morgan fingerprint density at radius 3 is 0.616 bits per heavy atom. The van der Waals surface area contributed by atoms with Gasteiger partial charge in [-0.1, -0.05) is 80.1 Å². The lowest BCUT2D eigenvalue weighted by Gasteiger charge is -2.29. The monoisotopic (exact) mass is 1470 g/mol. The quantitative estimate of drug-likeness (QED) is 0.0411. The van der Waals surface area contributed by atoms with Gasteiger partial charge in [-0.15, -0.1) is 0 Å². The minimum atomic E-state index is -1.76. The zero-order valence-corrected chi connectivity index (χ0v) is 64.2. The first-order valence-electron chi connectivity index (χ1n) is 34.4. The third-order valence-electron chi connectivity index (χ3n) is 16.9. The molecule has 30 heteroatoms. The summed E-state index contributed by atoms with van der Waals surface area (Å²) in [6.45, 7) is 12.7. The van der Waals surface area contributed by atoms with Gasteiger partial charge in [0.15, 0.2) is 5.67 Å². The van der Waals surface area contributed by atoms with E-state index in [2.05, 4.69) is 0 Å². The standard InChI is InChI=1S/C9H20O4.C9H20O3.C8H18O4.2C8H18O3.C7H15FO2.C7H16O4.C7H16O3.C6H13FO2/c1-12-5-3-9(7-10,8-11)4-6-13-2;1-3-4-9(7-10,8-11)5-6-12-2;1-11-4-3-8(5-9,6-10)7-12-2;1-3-4-8(5-9,6-10)7-11-2;1-2-3-4-8(5-9,6-10)7-11;1-3-7(8,6-9)4-5-10-2;1-10-5-7(3-8,4-9)6-11-2;1-2-3-7(4-8,5-9)6-10;1-2-3-6(7,4-8)5-9/h10-11H,3-8H2,1-2H3;10-11H,3-8H2,1-2H3;9-10H,3-7H2,1-2H3;9-10H,3-7H2,1-2H3;9-11H,2-7H2,1H3;9H,3-6H2,1-2H3;8-9H,3-6H2,1-2H3;8-10H,2-6H2,1H3;8-9H,2-5H2,1H3. The molecule has 1 unspecified atom stereocenters. The van der Waals surface area contributed by atoms with Gasteiger partial charge in [0, 0.05) is 136 Å². The van der Waals surface area contributed by atoms with E-state index in [9.17, 15) is 8.78 Å². The minimum Gasteiger partial charge on any atom is -0.396 e. The largest absolute Gasteiger partial charge is 0.396 e. The van der Waals surface area contributed by atoms with Crippen molar-refractivity contribution in [3.05, 3.63) is 0 Å². The van der Waals surface area contributed by atoms with Crippen molar-refractivity contribution in [3.63, 3.8) is 0 Å². The smallest absolute Gasteiger partial charge is 0.156 e. The van der Waals surface area contributed by atoms with Crippen molar-refractivity contribution in [1.29, 1.82) is 0 Å². The highest BCUT2D eigenvalue weighted by atomic mass is 19.1. The summed E-state index contributed by atoms with van der Waals surface area (Å²) in [4.78, 5) is 0. The molecule has 0 aromatic carbocycles. The van der Waals surface area contributed by atoms with Gasteiger partial charge in [-0.2, -0.15) is 0 Å². The molecule has 0 aliphatic heterocycles. The van der Waals surface area contributed by atoms with Crippen molar-refractivity contribution in [3.8, 4) is 0 Å². The fourth-order valence-electron chi connectivity index (χ4n) is 8.72. The van der Waals surface area contributed by atoms with E-state index >= 15 is 0 Å². The second-order valence-electron chi connectivity index (χ2n) is 25.7. The van der Waals surface area contributed by atoms with Crippen molar-refractivity contribution in [2.24, 2.45) is 37.9 Å². The number of hydrogen-bond acceptors (Lipinski definition) is 28. The number of unbranched alkanes of at least 4 members (excludes halogenated alkanes) is 1. The lowest BCUT2D eigenvalue weighted by atomic mass is 9.82. The summed E-state index contributed by atoms with van der Waals surface area (Å²) in [7, 11) is 14.1. The molecule has 0 saturated heterocycles. The molecule has 99 heavy (non-hydrogen) atoms. The van der Waals surface area contributed by atoms with E-state index in [-0.39, 0.29) is 124 Å². The van der Waals surface area contributed by atoms with Gasteiger partial charge in [-0.3, -0.25) is 0 Å². The molecule has 1 atom stereocenters. The molecular weight excluding hydrogens is 1310 g/mol. The molecule has 0 heterocycles. The second kappa shape index (κ2) is 77.8. The predicted octanol–water partition coefficient (Wildman–Crippen LogP) is 1.62. The van der Waals surface area contributed by atoms with Gasteiger partial charge in [0.2, 0.25) is 0 Å². The molecule has 0 bridgehead atoms. The molecule has 0 aromatic rings. The van der Waals surface area contributed by atoms with Crippen molar-refractivity contribution in [2.75, 3.05) is 249 Å². The van der Waals surface area contributed by atoms with Crippen molar-refractivity contribution in [1.82, 2.24) is 0 Å². The van der Waals surface area contributed by atoms with Crippen molar-refractivity contribution >= 4 is 0 Å². The van der Waals surface area contributed by atoms with Gasteiger partial charge >= 0.3 is 0 Å². The molecule has 0 aromatic heterocycles. The summed E-state index contributed by atoms with van der Waals surface area (Å²) >= 11 is 0. The van der Waals surface area contributed by atoms with Gasteiger partial charge in [-0.25, -0.2) is 8.78 Å². The number of alkyl halides is 2. The summed E-state index contributed by atoms with van der Waals surface area (Å²) in [6.07, 6.45) is 11.8. The first-order valence-corrected chi connectivity index (χ1v) is 34.4. The normalized spacial score (nSPS) is 12.5. The number of rotatable bonds is 54. The van der Waals surface area contributed by atoms with Crippen LogP contribution in [0, 0.1) is 37.9 Å². The molecule has 0 aliphatic carbocycles. The number of aliphatic hydroxyl groups excluding tert-OH is 19. The molecule has 0 amide bonds. The van der Waals surface area contributed by atoms with Gasteiger partial charge in [-0.05, 0) is 64.2 Å². The van der Waals surface area contributed by atoms with Crippen LogP contribution in [0.25, 0.3) is 0 Å². The maximum Gasteiger partial charge on any atom is 0.156 e. The molecule has 19 N–H and O–H groups in total. The van der Waals surface area contributed by atoms with E-state index in [1.54, 1.807) is 56.5 Å². The fourth-order valence-corrected chi connectivity index (χ4v) is 8.72. The summed E-state index contributed by atoms with van der Waals surface area (Å²) in [5, 5.41) is 169. The highest BCUT2D eigenvalue weighted by Crippen LogP contribution is 2.29. The number of ether oxygens (including phenoxy) is 9. The van der Waals surface area contributed by atoms with Crippen LogP contribution in [0.4, 0.5) is 8.78 Å². The van der Waals surface area contributed by atoms with Crippen LogP contribution < -0.4 is 0 Å². The molecule has 612 valence electrons. The van der Waals surface area contributed by atoms with Gasteiger partial charge in [0.1, 0.15) is 5.67 Å². The Kier molecular flexibility index (Phi) is 91.3. The average molecular weight is 1470 g/mol. The zero-order valence-electron chi connectivity index (χ0n) is 64.2. The first kappa shape index (κ1) is 116. The van der Waals surface area contributed by atoms with Crippen LogP contribution in [0.2, 0.25) is 0 Å². The average Bonchev–Trinajstić information content (AvgIpc) is 1.05. The SMILES string of the molecule is CCC(F)(CO)CCOC.CCCC(CO)(CO)CCOC.CCCC(CO)(CO)CO.CCCC(CO)(CO)COC.CCCC(F)(CO)CO.CCCCC(CO)(CO)CO.COCC(CO)(CO)COC.COCCC(CO)(CO)CCOC.COCCC(CO)(CO)COC. The first-order chi connectivity index (χ1) is 47.1. The molecule has 0 saturated carbocycles. The molecular formula is C69H154F2O28. The Morgan fingerprint density at radius 2 is 0.414 bits per heavy atom. The number of aliphatic hydroxyl groups is 19. The van der Waals surface area contributed by atoms with E-state index in [1.807, 2.05) is 27.7 Å². The Balaban J connectivity index is -0.000000132. The molecule has 0 radical (unpaired) electrons. The van der Waals surface area contributed by atoms with Crippen LogP contribution in [0.1, 0.15) is 151 Å². The van der Waals surface area contributed by atoms with Crippen LogP contribution in [0.5, 0.6) is 0 Å². The maximum absolute atomic E-state index is 13.1. The minimum absolute atomic E-state index is 0.00875. The summed E-state index contributed by atoms with van der Waals surface area (Å²) < 4.78 is 69.7. The maximum atomic E-state index is 13.1. The number of halogens is 2. The van der Waals surface area contributed by atoms with E-state index in [0.717, 1.165) is 51.4 Å². The van der Waals surface area contributed by atoms with Crippen LogP contribution in [0.15, 0.2) is 0 Å². The Hall–Kier alpha value is -1.26. The van der Waals surface area contributed by atoms with Crippen LogP contribution in [-0.4, -0.2) is 357 Å². The third kappa shape index (κ3) is 59.6. The summed E-state index contributed by atoms with van der Waals surface area (Å²) in [5.41, 5.74) is -6.91. The van der Waals surface area contributed by atoms with E-state index in [4.69, 9.17) is 140 Å². The van der Waals surface area contributed by atoms with Crippen LogP contribution >= 0.6 is 0 Å². The lowest BCUT2D eigenvalue weighted by molar-refractivity contribution is -0.0568. The Labute approximate surface area is 595 Å². The Bertz CT molecular complexity index is 1410. The van der Waals surface area contributed by atoms with Crippen molar-refractivity contribution in [2.45, 2.75) is 162 Å². The van der Waals surface area contributed by atoms with Crippen molar-refractivity contribution < 1.29 is 148 Å². The summed E-state index contributed by atoms with van der Waals surface area (Å²) in [5.74, 6) is 0. The molecule has 0 aliphatic rings. The fraction of sp³-hybridized carbons (Fsp3) is 1.00. The van der Waals surface area contributed by atoms with Crippen LogP contribution in [-0.2, 0) is 42.6 Å². The topological polar surface area (TPSA) is 467 Å². The second-order valence-corrected chi connectivity index (χ2v) is 25.7. The van der Waals surface area contributed by atoms with Gasteiger partial charge in [0.05, 0.1) is 157 Å². The predicted molar refractivity (Wildman–Crippen MR) is 379 cm³/mol. The number of methoxy groups -OCH3 is 9. The van der Waals surface area contributed by atoms with Gasteiger partial charge in [0.25, 0.3) is 0 Å². The highest BCUT2D eigenvalue weighted by molar-refractivity contribution is 4.82. The van der Waals surface area contributed by atoms with E-state index in [1.165, 1.54) is 21.3 Å².